The first-order valence-electron chi connectivity index (χ1n) is 7.33. The molecule has 0 bridgehead atoms. The SMILES string of the molecule is CCCCN(CCC)C(=O)NC1CCCCC1. The summed E-state index contributed by atoms with van der Waals surface area (Å²) in [6.07, 6.45) is 9.51. The smallest absolute Gasteiger partial charge is 0.317 e. The molecule has 1 rings (SSSR count). The van der Waals surface area contributed by atoms with Crippen molar-refractivity contribution in [2.75, 3.05) is 13.1 Å². The summed E-state index contributed by atoms with van der Waals surface area (Å²) in [4.78, 5) is 14.1. The van der Waals surface area contributed by atoms with Crippen LogP contribution < -0.4 is 5.32 Å². The number of hydrogen-bond donors (Lipinski definition) is 1. The molecule has 0 aromatic carbocycles. The zero-order valence-electron chi connectivity index (χ0n) is 11.5. The number of nitrogens with zero attached hydrogens (tertiary/aromatic N) is 1. The molecule has 2 amide bonds. The first kappa shape index (κ1) is 14.3. The molecule has 0 aromatic heterocycles. The largest absolute Gasteiger partial charge is 0.335 e. The maximum atomic E-state index is 12.1. The van der Waals surface area contributed by atoms with Gasteiger partial charge in [0.1, 0.15) is 0 Å². The van der Waals surface area contributed by atoms with Crippen LogP contribution in [0.25, 0.3) is 0 Å². The summed E-state index contributed by atoms with van der Waals surface area (Å²) in [7, 11) is 0. The van der Waals surface area contributed by atoms with Crippen LogP contribution in [0.2, 0.25) is 0 Å². The van der Waals surface area contributed by atoms with Crippen molar-refractivity contribution in [1.29, 1.82) is 0 Å². The predicted molar refractivity (Wildman–Crippen MR) is 72.2 cm³/mol. The molecule has 3 heteroatoms. The van der Waals surface area contributed by atoms with E-state index in [-0.39, 0.29) is 6.03 Å². The van der Waals surface area contributed by atoms with E-state index >= 15 is 0 Å². The van der Waals surface area contributed by atoms with E-state index in [4.69, 9.17) is 0 Å². The van der Waals surface area contributed by atoms with Gasteiger partial charge in [0.15, 0.2) is 0 Å². The van der Waals surface area contributed by atoms with Gasteiger partial charge in [-0.25, -0.2) is 4.79 Å². The van der Waals surface area contributed by atoms with Crippen molar-refractivity contribution in [1.82, 2.24) is 10.2 Å². The monoisotopic (exact) mass is 240 g/mol. The summed E-state index contributed by atoms with van der Waals surface area (Å²) in [5.41, 5.74) is 0. The molecule has 1 saturated carbocycles. The number of urea groups is 1. The molecule has 0 unspecified atom stereocenters. The van der Waals surface area contributed by atoms with Crippen molar-refractivity contribution in [2.24, 2.45) is 0 Å². The van der Waals surface area contributed by atoms with Gasteiger partial charge in [-0.2, -0.15) is 0 Å². The van der Waals surface area contributed by atoms with E-state index in [0.717, 1.165) is 32.4 Å². The summed E-state index contributed by atoms with van der Waals surface area (Å²) >= 11 is 0. The van der Waals surface area contributed by atoms with Gasteiger partial charge < -0.3 is 10.2 Å². The molecule has 0 aliphatic heterocycles. The predicted octanol–water partition coefficient (Wildman–Crippen LogP) is 3.54. The van der Waals surface area contributed by atoms with Gasteiger partial charge in [-0.05, 0) is 25.7 Å². The van der Waals surface area contributed by atoms with E-state index in [0.29, 0.717) is 6.04 Å². The van der Waals surface area contributed by atoms with Crippen molar-refractivity contribution >= 4 is 6.03 Å². The lowest BCUT2D eigenvalue weighted by Gasteiger charge is -2.28. The molecule has 1 aliphatic rings. The summed E-state index contributed by atoms with van der Waals surface area (Å²) in [6.45, 7) is 6.09. The second kappa shape index (κ2) is 8.37. The highest BCUT2D eigenvalue weighted by atomic mass is 16.2. The molecule has 0 radical (unpaired) electrons. The van der Waals surface area contributed by atoms with Crippen molar-refractivity contribution < 1.29 is 4.79 Å². The highest BCUT2D eigenvalue weighted by Gasteiger charge is 2.18. The first-order valence-corrected chi connectivity index (χ1v) is 7.33. The Balaban J connectivity index is 2.34. The minimum absolute atomic E-state index is 0.159. The Morgan fingerprint density at radius 1 is 1.12 bits per heavy atom. The van der Waals surface area contributed by atoms with Crippen LogP contribution in [-0.4, -0.2) is 30.1 Å². The van der Waals surface area contributed by atoms with E-state index in [1.54, 1.807) is 0 Å². The Hall–Kier alpha value is -0.730. The van der Waals surface area contributed by atoms with Gasteiger partial charge in [0.05, 0.1) is 0 Å². The summed E-state index contributed by atoms with van der Waals surface area (Å²) in [5.74, 6) is 0. The number of hydrogen-bond acceptors (Lipinski definition) is 1. The van der Waals surface area contributed by atoms with Gasteiger partial charge in [-0.15, -0.1) is 0 Å². The molecule has 0 saturated heterocycles. The van der Waals surface area contributed by atoms with Crippen LogP contribution in [-0.2, 0) is 0 Å². The van der Waals surface area contributed by atoms with E-state index < -0.39 is 0 Å². The molecule has 1 aliphatic carbocycles. The molecule has 0 aromatic rings. The average Bonchev–Trinajstić information content (AvgIpc) is 2.35. The Bertz CT molecular complexity index is 212. The summed E-state index contributed by atoms with van der Waals surface area (Å²) in [5, 5.41) is 3.20. The van der Waals surface area contributed by atoms with Gasteiger partial charge in [-0.3, -0.25) is 0 Å². The highest BCUT2D eigenvalue weighted by molar-refractivity contribution is 5.74. The zero-order valence-corrected chi connectivity index (χ0v) is 11.5. The van der Waals surface area contributed by atoms with Gasteiger partial charge in [-0.1, -0.05) is 39.5 Å². The maximum Gasteiger partial charge on any atom is 0.317 e. The Morgan fingerprint density at radius 3 is 2.41 bits per heavy atom. The van der Waals surface area contributed by atoms with Crippen molar-refractivity contribution in [3.05, 3.63) is 0 Å². The maximum absolute atomic E-state index is 12.1. The molecular weight excluding hydrogens is 212 g/mol. The van der Waals surface area contributed by atoms with Gasteiger partial charge in [0, 0.05) is 19.1 Å². The van der Waals surface area contributed by atoms with Crippen LogP contribution in [0.5, 0.6) is 0 Å². The lowest BCUT2D eigenvalue weighted by Crippen LogP contribution is -2.46. The topological polar surface area (TPSA) is 32.3 Å². The lowest BCUT2D eigenvalue weighted by molar-refractivity contribution is 0.189. The number of carbonyl (C=O) groups is 1. The fraction of sp³-hybridized carbons (Fsp3) is 0.929. The number of nitrogens with one attached hydrogen (secondary N) is 1. The number of amides is 2. The summed E-state index contributed by atoms with van der Waals surface area (Å²) < 4.78 is 0. The Kier molecular flexibility index (Phi) is 7.06. The van der Waals surface area contributed by atoms with Crippen LogP contribution >= 0.6 is 0 Å². The number of unbranched alkanes of at least 4 members (excludes halogenated alkanes) is 1. The van der Waals surface area contributed by atoms with Crippen LogP contribution in [0.4, 0.5) is 4.79 Å². The summed E-state index contributed by atoms with van der Waals surface area (Å²) in [6, 6.07) is 0.587. The highest BCUT2D eigenvalue weighted by Crippen LogP contribution is 2.17. The number of rotatable bonds is 6. The average molecular weight is 240 g/mol. The van der Waals surface area contributed by atoms with Crippen LogP contribution in [0.15, 0.2) is 0 Å². The molecular formula is C14H28N2O. The fourth-order valence-corrected chi connectivity index (χ4v) is 2.45. The molecule has 1 fully saturated rings. The van der Waals surface area contributed by atoms with Crippen molar-refractivity contribution in [3.63, 3.8) is 0 Å². The standard InChI is InChI=1S/C14H28N2O/c1-3-5-12-16(11-4-2)14(17)15-13-9-7-6-8-10-13/h13H,3-12H2,1-2H3,(H,15,17). The second-order valence-electron chi connectivity index (χ2n) is 5.13. The van der Waals surface area contributed by atoms with Gasteiger partial charge in [0.25, 0.3) is 0 Å². The Morgan fingerprint density at radius 2 is 1.82 bits per heavy atom. The molecule has 1 N–H and O–H groups in total. The molecule has 17 heavy (non-hydrogen) atoms. The number of carbonyl (C=O) groups excluding carboxylic acids is 1. The minimum Gasteiger partial charge on any atom is -0.335 e. The van der Waals surface area contributed by atoms with Gasteiger partial charge in [0.2, 0.25) is 0 Å². The third-order valence-electron chi connectivity index (χ3n) is 3.50. The molecule has 0 heterocycles. The van der Waals surface area contributed by atoms with Crippen LogP contribution in [0.3, 0.4) is 0 Å². The molecule has 0 atom stereocenters. The third-order valence-corrected chi connectivity index (χ3v) is 3.50. The van der Waals surface area contributed by atoms with E-state index in [1.165, 1.54) is 32.1 Å². The normalized spacial score (nSPS) is 16.8. The quantitative estimate of drug-likeness (QED) is 0.756. The van der Waals surface area contributed by atoms with Crippen LogP contribution in [0, 0.1) is 0 Å². The molecule has 0 spiro atoms. The Labute approximate surface area is 106 Å². The van der Waals surface area contributed by atoms with Gasteiger partial charge >= 0.3 is 6.03 Å². The second-order valence-corrected chi connectivity index (χ2v) is 5.13. The third kappa shape index (κ3) is 5.42. The first-order chi connectivity index (χ1) is 8.27. The zero-order chi connectivity index (χ0) is 12.5. The van der Waals surface area contributed by atoms with E-state index in [2.05, 4.69) is 19.2 Å². The van der Waals surface area contributed by atoms with E-state index in [9.17, 15) is 4.79 Å². The lowest BCUT2D eigenvalue weighted by atomic mass is 9.96. The molecule has 3 nitrogen and oxygen atoms in total. The van der Waals surface area contributed by atoms with Crippen LogP contribution in [0.1, 0.15) is 65.2 Å². The van der Waals surface area contributed by atoms with E-state index in [1.807, 2.05) is 4.90 Å². The molecule has 100 valence electrons. The van der Waals surface area contributed by atoms with Crippen molar-refractivity contribution in [2.45, 2.75) is 71.3 Å². The van der Waals surface area contributed by atoms with Crippen molar-refractivity contribution in [3.8, 4) is 0 Å². The fourth-order valence-electron chi connectivity index (χ4n) is 2.45. The minimum atomic E-state index is 0.159.